The number of rotatable bonds is 3. The summed E-state index contributed by atoms with van der Waals surface area (Å²) in [7, 11) is 1.18. The van der Waals surface area contributed by atoms with Gasteiger partial charge in [-0.25, -0.2) is 9.18 Å². The molecule has 1 heterocycles. The Morgan fingerprint density at radius 1 is 1.60 bits per heavy atom. The van der Waals surface area contributed by atoms with Crippen LogP contribution in [0.3, 0.4) is 0 Å². The van der Waals surface area contributed by atoms with Crippen LogP contribution in [-0.4, -0.2) is 19.7 Å². The molecule has 20 heavy (non-hydrogen) atoms. The lowest BCUT2D eigenvalue weighted by atomic mass is 10.1. The number of halogens is 1. The van der Waals surface area contributed by atoms with Crippen molar-refractivity contribution in [3.8, 4) is 5.75 Å². The average molecular weight is 275 g/mol. The van der Waals surface area contributed by atoms with Crippen LogP contribution in [0.2, 0.25) is 0 Å². The number of hydrogen-bond acceptors (Lipinski definition) is 4. The van der Waals surface area contributed by atoms with E-state index in [4.69, 9.17) is 10.3 Å². The number of hydrogen-bond donors (Lipinski definition) is 0. The first kappa shape index (κ1) is 13.6. The smallest absolute Gasteiger partial charge is 0.340 e. The van der Waals surface area contributed by atoms with Crippen molar-refractivity contribution in [2.45, 2.75) is 0 Å². The highest BCUT2D eigenvalue weighted by Crippen LogP contribution is 2.27. The van der Waals surface area contributed by atoms with Crippen molar-refractivity contribution >= 4 is 12.0 Å². The van der Waals surface area contributed by atoms with E-state index in [0.717, 1.165) is 0 Å². The first-order valence-electron chi connectivity index (χ1n) is 5.62. The number of azide groups is 1. The lowest BCUT2D eigenvalue weighted by molar-refractivity contribution is -0.136. The van der Waals surface area contributed by atoms with Gasteiger partial charge in [-0.2, -0.15) is 0 Å². The number of esters is 1. The molecule has 0 saturated heterocycles. The van der Waals surface area contributed by atoms with E-state index in [9.17, 15) is 9.18 Å². The summed E-state index contributed by atoms with van der Waals surface area (Å²) in [6.45, 7) is 0.181. The van der Waals surface area contributed by atoms with Gasteiger partial charge in [0.1, 0.15) is 23.9 Å². The van der Waals surface area contributed by atoms with Gasteiger partial charge in [-0.3, -0.25) is 0 Å². The van der Waals surface area contributed by atoms with E-state index < -0.39 is 11.8 Å². The third kappa shape index (κ3) is 2.96. The van der Waals surface area contributed by atoms with Crippen LogP contribution in [0.25, 0.3) is 16.5 Å². The van der Waals surface area contributed by atoms with E-state index in [1.54, 1.807) is 6.08 Å². The van der Waals surface area contributed by atoms with E-state index in [-0.39, 0.29) is 12.3 Å². The first-order chi connectivity index (χ1) is 9.63. The summed E-state index contributed by atoms with van der Waals surface area (Å²) < 4.78 is 23.1. The molecule has 0 fully saturated rings. The molecule has 0 N–H and O–H groups in total. The van der Waals surface area contributed by atoms with Crippen LogP contribution in [0, 0.1) is 5.82 Å². The summed E-state index contributed by atoms with van der Waals surface area (Å²) in [5.41, 5.74) is 9.34. The van der Waals surface area contributed by atoms with Crippen molar-refractivity contribution in [1.29, 1.82) is 0 Å². The zero-order valence-corrected chi connectivity index (χ0v) is 10.5. The van der Waals surface area contributed by atoms with E-state index in [0.29, 0.717) is 16.9 Å². The van der Waals surface area contributed by atoms with Gasteiger partial charge in [0.05, 0.1) is 7.11 Å². The maximum Gasteiger partial charge on any atom is 0.340 e. The molecule has 102 valence electrons. The molecular weight excluding hydrogens is 265 g/mol. The van der Waals surface area contributed by atoms with Gasteiger partial charge in [0, 0.05) is 10.5 Å². The number of carbonyl (C=O) groups is 1. The summed E-state index contributed by atoms with van der Waals surface area (Å²) in [6.07, 6.45) is 3.00. The zero-order valence-electron chi connectivity index (χ0n) is 10.5. The molecule has 0 amide bonds. The SMILES string of the molecule is COC(=O)/C(=C/C1=Cc2cc(F)ccc2OC1)N=[N+]=[N-]. The van der Waals surface area contributed by atoms with E-state index in [1.165, 1.54) is 31.4 Å². The molecule has 1 aliphatic heterocycles. The van der Waals surface area contributed by atoms with Crippen molar-refractivity contribution in [1.82, 2.24) is 0 Å². The fourth-order valence-electron chi connectivity index (χ4n) is 1.71. The van der Waals surface area contributed by atoms with Gasteiger partial charge in [0.2, 0.25) is 0 Å². The molecule has 1 aromatic carbocycles. The van der Waals surface area contributed by atoms with E-state index in [1.807, 2.05) is 0 Å². The number of nitrogens with zero attached hydrogens (tertiary/aromatic N) is 3. The zero-order chi connectivity index (χ0) is 14.5. The summed E-state index contributed by atoms with van der Waals surface area (Å²) in [6, 6.07) is 4.14. The van der Waals surface area contributed by atoms with Crippen molar-refractivity contribution < 1.29 is 18.7 Å². The van der Waals surface area contributed by atoms with Crippen LogP contribution >= 0.6 is 0 Å². The monoisotopic (exact) mass is 275 g/mol. The predicted octanol–water partition coefficient (Wildman–Crippen LogP) is 2.97. The van der Waals surface area contributed by atoms with Crippen LogP contribution in [0.4, 0.5) is 4.39 Å². The highest BCUT2D eigenvalue weighted by Gasteiger charge is 2.14. The lowest BCUT2D eigenvalue weighted by Crippen LogP contribution is -2.08. The Bertz CT molecular complexity index is 661. The minimum atomic E-state index is -0.756. The Balaban J connectivity index is 2.38. The quantitative estimate of drug-likeness (QED) is 0.279. The highest BCUT2D eigenvalue weighted by molar-refractivity contribution is 5.89. The van der Waals surface area contributed by atoms with Gasteiger partial charge in [-0.05, 0) is 41.5 Å². The Morgan fingerprint density at radius 2 is 2.40 bits per heavy atom. The molecule has 0 saturated carbocycles. The van der Waals surface area contributed by atoms with Gasteiger partial charge >= 0.3 is 5.97 Å². The normalized spacial score (nSPS) is 13.5. The van der Waals surface area contributed by atoms with Crippen molar-refractivity contribution in [2.75, 3.05) is 13.7 Å². The fourth-order valence-corrected chi connectivity index (χ4v) is 1.71. The first-order valence-corrected chi connectivity index (χ1v) is 5.62. The van der Waals surface area contributed by atoms with Crippen LogP contribution in [-0.2, 0) is 9.53 Å². The average Bonchev–Trinajstić information content (AvgIpc) is 2.45. The molecule has 6 nitrogen and oxygen atoms in total. The Kier molecular flexibility index (Phi) is 4.02. The molecule has 0 aliphatic carbocycles. The van der Waals surface area contributed by atoms with Crippen LogP contribution < -0.4 is 4.74 Å². The number of fused-ring (bicyclic) bond motifs is 1. The van der Waals surface area contributed by atoms with E-state index in [2.05, 4.69) is 14.8 Å². The Hall–Kier alpha value is -2.79. The Labute approximate surface area is 113 Å². The van der Waals surface area contributed by atoms with Crippen molar-refractivity contribution in [3.63, 3.8) is 0 Å². The molecule has 7 heteroatoms. The number of carbonyl (C=O) groups excluding carboxylic acids is 1. The van der Waals surface area contributed by atoms with Crippen LogP contribution in [0.1, 0.15) is 5.56 Å². The van der Waals surface area contributed by atoms with Gasteiger partial charge in [-0.1, -0.05) is 5.11 Å². The predicted molar refractivity (Wildman–Crippen MR) is 69.1 cm³/mol. The second kappa shape index (κ2) is 5.90. The standard InChI is InChI=1S/C13H10FN3O3/c1-19-13(18)11(16-17-15)5-8-4-9-6-10(14)2-3-12(9)20-7-8/h2-6H,7H2,1H3/b11-5-. The largest absolute Gasteiger partial charge is 0.488 e. The van der Waals surface area contributed by atoms with Gasteiger partial charge < -0.3 is 9.47 Å². The molecule has 0 aromatic heterocycles. The third-order valence-corrected chi connectivity index (χ3v) is 2.58. The number of methoxy groups -OCH3 is 1. The summed E-state index contributed by atoms with van der Waals surface area (Å²) >= 11 is 0. The maximum atomic E-state index is 13.1. The fraction of sp³-hybridized carbons (Fsp3) is 0.154. The summed E-state index contributed by atoms with van der Waals surface area (Å²) in [5.74, 6) is -0.599. The summed E-state index contributed by atoms with van der Waals surface area (Å²) in [4.78, 5) is 13.9. The molecule has 1 aromatic rings. The maximum absolute atomic E-state index is 13.1. The molecule has 0 unspecified atom stereocenters. The minimum absolute atomic E-state index is 0.181. The van der Waals surface area contributed by atoms with E-state index >= 15 is 0 Å². The molecule has 2 rings (SSSR count). The molecule has 0 radical (unpaired) electrons. The summed E-state index contributed by atoms with van der Waals surface area (Å²) in [5, 5.41) is 3.26. The topological polar surface area (TPSA) is 84.3 Å². The molecule has 0 spiro atoms. The van der Waals surface area contributed by atoms with Crippen LogP contribution in [0.15, 0.2) is 40.7 Å². The van der Waals surface area contributed by atoms with Gasteiger partial charge in [-0.15, -0.1) is 0 Å². The minimum Gasteiger partial charge on any atom is -0.488 e. The number of ether oxygens (including phenoxy) is 2. The molecule has 0 bridgehead atoms. The Morgan fingerprint density at radius 3 is 3.10 bits per heavy atom. The van der Waals surface area contributed by atoms with Crippen molar-refractivity contribution in [3.05, 3.63) is 57.4 Å². The highest BCUT2D eigenvalue weighted by atomic mass is 19.1. The third-order valence-electron chi connectivity index (χ3n) is 2.58. The second-order valence-electron chi connectivity index (χ2n) is 3.90. The second-order valence-corrected chi connectivity index (χ2v) is 3.90. The molecule has 1 aliphatic rings. The van der Waals surface area contributed by atoms with Crippen LogP contribution in [0.5, 0.6) is 5.75 Å². The molecular formula is C13H10FN3O3. The molecule has 0 atom stereocenters. The lowest BCUT2D eigenvalue weighted by Gasteiger charge is -2.16. The number of benzene rings is 1. The van der Waals surface area contributed by atoms with Gasteiger partial charge in [0.25, 0.3) is 0 Å². The van der Waals surface area contributed by atoms with Gasteiger partial charge in [0.15, 0.2) is 0 Å². The van der Waals surface area contributed by atoms with Crippen molar-refractivity contribution in [2.24, 2.45) is 5.11 Å².